The predicted molar refractivity (Wildman–Crippen MR) is 51.0 cm³/mol. The zero-order valence-corrected chi connectivity index (χ0v) is 9.31. The Bertz CT molecular complexity index is 312. The summed E-state index contributed by atoms with van der Waals surface area (Å²) in [7, 11) is 0. The molecule has 1 aliphatic heterocycles. The molecule has 7 nitrogen and oxygen atoms in total. The van der Waals surface area contributed by atoms with Gasteiger partial charge in [0.25, 0.3) is 5.91 Å². The van der Waals surface area contributed by atoms with Crippen LogP contribution >= 0.6 is 0 Å². The summed E-state index contributed by atoms with van der Waals surface area (Å²) in [6.07, 6.45) is 0.968. The summed E-state index contributed by atoms with van der Waals surface area (Å²) in [5.74, 6) is -3.20. The second kappa shape index (κ2) is 6.19. The van der Waals surface area contributed by atoms with Crippen molar-refractivity contribution in [2.45, 2.75) is 37.8 Å². The van der Waals surface area contributed by atoms with Crippen LogP contribution in [0.25, 0.3) is 0 Å². The minimum absolute atomic E-state index is 0.219. The molecule has 7 heteroatoms. The molecular weight excluding hydrogens is 228 g/mol. The van der Waals surface area contributed by atoms with E-state index in [2.05, 4.69) is 5.32 Å². The lowest BCUT2D eigenvalue weighted by molar-refractivity contribution is -0.657. The maximum Gasteiger partial charge on any atom is 0.278 e. The molecule has 1 heterocycles. The highest BCUT2D eigenvalue weighted by Crippen LogP contribution is 2.00. The van der Waals surface area contributed by atoms with E-state index < -0.39 is 24.4 Å². The summed E-state index contributed by atoms with van der Waals surface area (Å²) >= 11 is 0. The number of carbonyl (C=O) groups excluding carboxylic acids is 3. The smallest absolute Gasteiger partial charge is 0.278 e. The topological polar surface area (TPSA) is 126 Å². The van der Waals surface area contributed by atoms with Crippen molar-refractivity contribution in [1.29, 1.82) is 0 Å². The van der Waals surface area contributed by atoms with Crippen molar-refractivity contribution in [3.63, 3.8) is 0 Å². The molecule has 0 aliphatic carbocycles. The van der Waals surface area contributed by atoms with Crippen LogP contribution in [0.15, 0.2) is 0 Å². The number of carboxylic acids is 2. The number of amides is 1. The third kappa shape index (κ3) is 4.39. The third-order valence-corrected chi connectivity index (χ3v) is 2.75. The highest BCUT2D eigenvalue weighted by Gasteiger charge is 2.27. The van der Waals surface area contributed by atoms with E-state index in [-0.39, 0.29) is 18.4 Å². The molecule has 3 N–H and O–H groups in total. The SMILES string of the molecule is O=C([O-])CC[C@H](NC(=O)[C@@H]1CCC[NH2+]1)C(=O)[O-]. The highest BCUT2D eigenvalue weighted by molar-refractivity contribution is 5.85. The van der Waals surface area contributed by atoms with Gasteiger partial charge in [-0.3, -0.25) is 4.79 Å². The molecule has 1 amide bonds. The molecule has 0 saturated carbocycles. The average molecular weight is 243 g/mol. The number of carboxylic acid groups (broad SMARTS) is 2. The quantitative estimate of drug-likeness (QED) is 0.486. The fourth-order valence-electron chi connectivity index (χ4n) is 1.80. The fraction of sp³-hybridized carbons (Fsp3) is 0.700. The van der Waals surface area contributed by atoms with Gasteiger partial charge in [0.2, 0.25) is 0 Å². The van der Waals surface area contributed by atoms with Gasteiger partial charge in [-0.05, 0) is 12.8 Å². The standard InChI is InChI=1S/C10H16N2O5/c13-8(14)4-3-7(10(16)17)12-9(15)6-2-1-5-11-6/h6-7,11H,1-5H2,(H,12,15)(H,13,14)(H,16,17)/p-1/t6-,7-/m0/s1. The minimum atomic E-state index is -1.47. The second-order valence-electron chi connectivity index (χ2n) is 4.06. The van der Waals surface area contributed by atoms with Crippen molar-refractivity contribution < 1.29 is 29.9 Å². The van der Waals surface area contributed by atoms with Gasteiger partial charge < -0.3 is 30.4 Å². The van der Waals surface area contributed by atoms with Gasteiger partial charge in [-0.15, -0.1) is 0 Å². The maximum atomic E-state index is 11.6. The van der Waals surface area contributed by atoms with Crippen LogP contribution in [0.4, 0.5) is 0 Å². The predicted octanol–water partition coefficient (Wildman–Crippen LogP) is -4.52. The van der Waals surface area contributed by atoms with Gasteiger partial charge in [0.15, 0.2) is 6.04 Å². The van der Waals surface area contributed by atoms with Gasteiger partial charge in [-0.25, -0.2) is 0 Å². The van der Waals surface area contributed by atoms with E-state index in [9.17, 15) is 24.6 Å². The monoisotopic (exact) mass is 243 g/mol. The first-order chi connectivity index (χ1) is 8.00. The van der Waals surface area contributed by atoms with Crippen LogP contribution in [0.3, 0.4) is 0 Å². The van der Waals surface area contributed by atoms with Crippen molar-refractivity contribution in [3.8, 4) is 0 Å². The number of carbonyl (C=O) groups is 3. The maximum absolute atomic E-state index is 11.6. The minimum Gasteiger partial charge on any atom is -0.550 e. The van der Waals surface area contributed by atoms with Gasteiger partial charge in [0.1, 0.15) is 0 Å². The zero-order chi connectivity index (χ0) is 12.8. The molecule has 2 atom stereocenters. The molecule has 0 unspecified atom stereocenters. The Morgan fingerprint density at radius 2 is 2.06 bits per heavy atom. The van der Waals surface area contributed by atoms with Crippen LogP contribution in [-0.2, 0) is 14.4 Å². The molecule has 0 aromatic carbocycles. The van der Waals surface area contributed by atoms with E-state index in [1.807, 2.05) is 5.32 Å². The summed E-state index contributed by atoms with van der Waals surface area (Å²) in [5.41, 5.74) is 0. The van der Waals surface area contributed by atoms with Crippen LogP contribution in [-0.4, -0.2) is 36.5 Å². The molecule has 1 aliphatic rings. The first-order valence-corrected chi connectivity index (χ1v) is 5.55. The number of nitrogens with one attached hydrogen (secondary N) is 1. The Morgan fingerprint density at radius 1 is 1.35 bits per heavy atom. The van der Waals surface area contributed by atoms with Crippen molar-refractivity contribution in [1.82, 2.24) is 5.32 Å². The second-order valence-corrected chi connectivity index (χ2v) is 4.06. The van der Waals surface area contributed by atoms with Crippen LogP contribution in [0, 0.1) is 0 Å². The lowest BCUT2D eigenvalue weighted by atomic mass is 10.1. The number of rotatable bonds is 6. The van der Waals surface area contributed by atoms with Crippen LogP contribution in [0.5, 0.6) is 0 Å². The van der Waals surface area contributed by atoms with Crippen molar-refractivity contribution in [2.75, 3.05) is 6.54 Å². The summed E-state index contributed by atoms with van der Waals surface area (Å²) in [5, 5.41) is 25.1. The average Bonchev–Trinajstić information content (AvgIpc) is 2.76. The van der Waals surface area contributed by atoms with Crippen LogP contribution < -0.4 is 20.8 Å². The lowest BCUT2D eigenvalue weighted by Gasteiger charge is -2.20. The number of aliphatic carboxylic acids is 2. The molecule has 1 saturated heterocycles. The first-order valence-electron chi connectivity index (χ1n) is 5.55. The molecule has 0 bridgehead atoms. The third-order valence-electron chi connectivity index (χ3n) is 2.75. The first kappa shape index (κ1) is 13.4. The van der Waals surface area contributed by atoms with Gasteiger partial charge >= 0.3 is 0 Å². The zero-order valence-electron chi connectivity index (χ0n) is 9.31. The number of quaternary nitrogens is 1. The van der Waals surface area contributed by atoms with E-state index in [1.165, 1.54) is 0 Å². The van der Waals surface area contributed by atoms with E-state index in [4.69, 9.17) is 0 Å². The molecule has 0 radical (unpaired) electrons. The van der Waals surface area contributed by atoms with Gasteiger partial charge in [0, 0.05) is 18.8 Å². The summed E-state index contributed by atoms with van der Waals surface area (Å²) < 4.78 is 0. The lowest BCUT2D eigenvalue weighted by Crippen LogP contribution is -2.89. The Hall–Kier alpha value is -1.63. The Balaban J connectivity index is 2.44. The van der Waals surface area contributed by atoms with Gasteiger partial charge in [-0.1, -0.05) is 0 Å². The van der Waals surface area contributed by atoms with E-state index in [0.717, 1.165) is 13.0 Å². The number of hydrogen-bond donors (Lipinski definition) is 2. The van der Waals surface area contributed by atoms with Crippen molar-refractivity contribution >= 4 is 17.8 Å². The van der Waals surface area contributed by atoms with Gasteiger partial charge in [0.05, 0.1) is 18.6 Å². The largest absolute Gasteiger partial charge is 0.550 e. The Kier molecular flexibility index (Phi) is 4.89. The number of hydrogen-bond acceptors (Lipinski definition) is 5. The normalized spacial score (nSPS) is 20.8. The molecule has 0 aromatic heterocycles. The molecule has 96 valence electrons. The van der Waals surface area contributed by atoms with E-state index >= 15 is 0 Å². The summed E-state index contributed by atoms with van der Waals surface area (Å²) in [6, 6.07) is -1.55. The molecule has 1 fully saturated rings. The van der Waals surface area contributed by atoms with Crippen LogP contribution in [0.1, 0.15) is 25.7 Å². The Labute approximate surface area is 98.2 Å². The Morgan fingerprint density at radius 3 is 2.53 bits per heavy atom. The van der Waals surface area contributed by atoms with E-state index in [1.54, 1.807) is 0 Å². The number of nitrogens with two attached hydrogens (primary N) is 1. The van der Waals surface area contributed by atoms with Crippen molar-refractivity contribution in [3.05, 3.63) is 0 Å². The fourth-order valence-corrected chi connectivity index (χ4v) is 1.80. The molecule has 0 spiro atoms. The molecule has 17 heavy (non-hydrogen) atoms. The van der Waals surface area contributed by atoms with Crippen molar-refractivity contribution in [2.24, 2.45) is 0 Å². The summed E-state index contributed by atoms with van der Waals surface area (Å²) in [4.78, 5) is 32.5. The van der Waals surface area contributed by atoms with Gasteiger partial charge in [-0.2, -0.15) is 0 Å². The molecule has 1 rings (SSSR count). The van der Waals surface area contributed by atoms with Crippen LogP contribution in [0.2, 0.25) is 0 Å². The van der Waals surface area contributed by atoms with E-state index in [0.29, 0.717) is 6.42 Å². The summed E-state index contributed by atoms with van der Waals surface area (Å²) in [6.45, 7) is 0.840. The molecular formula is C10H15N2O5-. The highest BCUT2D eigenvalue weighted by atomic mass is 16.4. The molecule has 0 aromatic rings.